The second-order valence-corrected chi connectivity index (χ2v) is 5.56. The van der Waals surface area contributed by atoms with Crippen LogP contribution in [0.1, 0.15) is 16.7 Å². The van der Waals surface area contributed by atoms with Crippen molar-refractivity contribution >= 4 is 0 Å². The van der Waals surface area contributed by atoms with E-state index in [1.807, 2.05) is 0 Å². The van der Waals surface area contributed by atoms with Crippen LogP contribution in [0.25, 0.3) is 0 Å². The van der Waals surface area contributed by atoms with E-state index in [0.717, 1.165) is 25.3 Å². The van der Waals surface area contributed by atoms with Crippen molar-refractivity contribution in [2.75, 3.05) is 7.11 Å². The van der Waals surface area contributed by atoms with Gasteiger partial charge in [-0.05, 0) is 23.8 Å². The second-order valence-electron chi connectivity index (χ2n) is 5.56. The summed E-state index contributed by atoms with van der Waals surface area (Å²) in [7, 11) is 1.07. The minimum Gasteiger partial charge on any atom is -0.497 e. The van der Waals surface area contributed by atoms with Gasteiger partial charge in [0.1, 0.15) is 5.75 Å². The number of alkyl halides is 8. The fraction of sp³-hybridized carbons (Fsp3) is 0.294. The van der Waals surface area contributed by atoms with Crippen LogP contribution in [0.3, 0.4) is 0 Å². The summed E-state index contributed by atoms with van der Waals surface area (Å²) in [6.07, 6.45) is -11.6. The fourth-order valence-electron chi connectivity index (χ4n) is 2.60. The Hall–Kier alpha value is -2.36. The molecule has 2 nitrogen and oxygen atoms in total. The first kappa shape index (κ1) is 20.9. The van der Waals surface area contributed by atoms with Crippen molar-refractivity contribution in [3.05, 3.63) is 65.2 Å². The van der Waals surface area contributed by atoms with E-state index in [2.05, 4.69) is 0 Å². The van der Waals surface area contributed by atoms with Gasteiger partial charge in [-0.15, -0.1) is 0 Å². The third kappa shape index (κ3) is 3.45. The maximum atomic E-state index is 14.4. The molecule has 1 unspecified atom stereocenters. The smallest absolute Gasteiger partial charge is 0.457 e. The van der Waals surface area contributed by atoms with Crippen LogP contribution in [0.4, 0.5) is 35.1 Å². The largest absolute Gasteiger partial charge is 0.497 e. The summed E-state index contributed by atoms with van der Waals surface area (Å²) in [5, 5.41) is 10.6. The van der Waals surface area contributed by atoms with Crippen molar-refractivity contribution in [3.8, 4) is 5.75 Å². The van der Waals surface area contributed by atoms with Crippen LogP contribution in [-0.2, 0) is 11.8 Å². The molecule has 0 saturated carbocycles. The summed E-state index contributed by atoms with van der Waals surface area (Å²) in [5.41, 5.74) is -8.92. The molecule has 0 aliphatic rings. The van der Waals surface area contributed by atoms with Crippen LogP contribution < -0.4 is 4.74 Å². The average molecular weight is 400 g/mol. The van der Waals surface area contributed by atoms with Crippen molar-refractivity contribution < 1.29 is 45.0 Å². The van der Waals surface area contributed by atoms with Gasteiger partial charge in [-0.3, -0.25) is 0 Å². The van der Waals surface area contributed by atoms with E-state index in [9.17, 15) is 40.2 Å². The molecule has 0 radical (unpaired) electrons. The molecule has 27 heavy (non-hydrogen) atoms. The van der Waals surface area contributed by atoms with Gasteiger partial charge >= 0.3 is 18.3 Å². The summed E-state index contributed by atoms with van der Waals surface area (Å²) < 4.78 is 113. The Labute approximate surface area is 148 Å². The molecule has 148 valence electrons. The van der Waals surface area contributed by atoms with Gasteiger partial charge in [0.2, 0.25) is 0 Å². The molecule has 0 amide bonds. The first-order chi connectivity index (χ1) is 12.3. The van der Waals surface area contributed by atoms with Gasteiger partial charge in [0.15, 0.2) is 5.60 Å². The van der Waals surface area contributed by atoms with Gasteiger partial charge in [-0.25, -0.2) is 0 Å². The van der Waals surface area contributed by atoms with Crippen LogP contribution in [0.15, 0.2) is 48.5 Å². The van der Waals surface area contributed by atoms with Crippen LogP contribution in [0, 0.1) is 0 Å². The summed E-state index contributed by atoms with van der Waals surface area (Å²) in [6, 6.07) is 5.75. The molecule has 2 aromatic carbocycles. The number of halogens is 8. The maximum absolute atomic E-state index is 14.4. The average Bonchev–Trinajstić information content (AvgIpc) is 2.59. The number of aliphatic hydroxyl groups is 1. The predicted molar refractivity (Wildman–Crippen MR) is 78.4 cm³/mol. The molecule has 1 atom stereocenters. The van der Waals surface area contributed by atoms with Crippen LogP contribution in [0.2, 0.25) is 0 Å². The van der Waals surface area contributed by atoms with Crippen molar-refractivity contribution in [3.63, 3.8) is 0 Å². The quantitative estimate of drug-likeness (QED) is 0.720. The molecular weight excluding hydrogens is 388 g/mol. The highest BCUT2D eigenvalue weighted by Gasteiger charge is 2.72. The van der Waals surface area contributed by atoms with Crippen LogP contribution >= 0.6 is 0 Å². The number of benzene rings is 2. The Kier molecular flexibility index (Phi) is 5.17. The topological polar surface area (TPSA) is 29.5 Å². The molecule has 0 heterocycles. The first-order valence-corrected chi connectivity index (χ1v) is 7.25. The van der Waals surface area contributed by atoms with Gasteiger partial charge in [-0.1, -0.05) is 30.3 Å². The monoisotopic (exact) mass is 400 g/mol. The van der Waals surface area contributed by atoms with E-state index >= 15 is 0 Å². The lowest BCUT2D eigenvalue weighted by atomic mass is 9.78. The minimum absolute atomic E-state index is 0.228. The lowest BCUT2D eigenvalue weighted by molar-refractivity contribution is -0.337. The second kappa shape index (κ2) is 6.66. The Morgan fingerprint density at radius 1 is 0.778 bits per heavy atom. The third-order valence-electron chi connectivity index (χ3n) is 3.92. The molecule has 0 aromatic heterocycles. The number of hydrogen-bond acceptors (Lipinski definition) is 2. The third-order valence-corrected chi connectivity index (χ3v) is 3.92. The molecule has 1 N–H and O–H groups in total. The fourth-order valence-corrected chi connectivity index (χ4v) is 2.60. The molecule has 2 aromatic rings. The van der Waals surface area contributed by atoms with Gasteiger partial charge in [0.05, 0.1) is 12.7 Å². The first-order valence-electron chi connectivity index (χ1n) is 7.25. The lowest BCUT2D eigenvalue weighted by Gasteiger charge is -2.38. The highest BCUT2D eigenvalue weighted by molar-refractivity contribution is 5.47. The van der Waals surface area contributed by atoms with Crippen molar-refractivity contribution in [2.24, 2.45) is 0 Å². The molecule has 0 fully saturated rings. The van der Waals surface area contributed by atoms with Crippen molar-refractivity contribution in [2.45, 2.75) is 23.9 Å². The molecule has 0 saturated heterocycles. The zero-order chi connectivity index (χ0) is 20.7. The molecule has 0 bridgehead atoms. The summed E-state index contributed by atoms with van der Waals surface area (Å²) in [4.78, 5) is 0. The summed E-state index contributed by atoms with van der Waals surface area (Å²) in [6.45, 7) is 0. The number of methoxy groups -OCH3 is 1. The standard InChI is InChI=1S/C17H12F8O2/c1-27-11-6-4-5-10(9-11)14(26,16(21,22)17(23,24)25)12-7-2-3-8-13(12)15(18,19)20/h2-9,26H,1H3. The van der Waals surface area contributed by atoms with Crippen LogP contribution in [-0.4, -0.2) is 24.3 Å². The minimum atomic E-state index is -6.34. The van der Waals surface area contributed by atoms with E-state index in [1.54, 1.807) is 0 Å². The molecule has 0 spiro atoms. The highest BCUT2D eigenvalue weighted by atomic mass is 19.4. The predicted octanol–water partition coefficient (Wildman–Crippen LogP) is 5.15. The molecular formula is C17H12F8O2. The molecule has 0 aliphatic carbocycles. The number of rotatable bonds is 4. The van der Waals surface area contributed by atoms with Gasteiger partial charge < -0.3 is 9.84 Å². The Morgan fingerprint density at radius 2 is 1.33 bits per heavy atom. The van der Waals surface area contributed by atoms with E-state index in [1.165, 1.54) is 6.07 Å². The number of ether oxygens (including phenoxy) is 1. The van der Waals surface area contributed by atoms with Crippen molar-refractivity contribution in [1.82, 2.24) is 0 Å². The van der Waals surface area contributed by atoms with E-state index in [4.69, 9.17) is 4.74 Å². The Bertz CT molecular complexity index is 813. The normalized spacial score (nSPS) is 15.3. The molecule has 10 heteroatoms. The number of hydrogen-bond donors (Lipinski definition) is 1. The molecule has 0 aliphatic heterocycles. The van der Waals surface area contributed by atoms with Crippen LogP contribution in [0.5, 0.6) is 5.75 Å². The lowest BCUT2D eigenvalue weighted by Crippen LogP contribution is -2.56. The van der Waals surface area contributed by atoms with Gasteiger partial charge in [-0.2, -0.15) is 35.1 Å². The maximum Gasteiger partial charge on any atom is 0.457 e. The van der Waals surface area contributed by atoms with E-state index in [-0.39, 0.29) is 5.75 Å². The van der Waals surface area contributed by atoms with E-state index in [0.29, 0.717) is 24.3 Å². The zero-order valence-corrected chi connectivity index (χ0v) is 13.5. The van der Waals surface area contributed by atoms with Gasteiger partial charge in [0, 0.05) is 5.56 Å². The molecule has 2 rings (SSSR count). The van der Waals surface area contributed by atoms with E-state index < -0.39 is 40.6 Å². The summed E-state index contributed by atoms with van der Waals surface area (Å²) in [5.74, 6) is -6.18. The highest BCUT2D eigenvalue weighted by Crippen LogP contribution is 2.54. The Morgan fingerprint density at radius 3 is 1.81 bits per heavy atom. The summed E-state index contributed by atoms with van der Waals surface area (Å²) >= 11 is 0. The van der Waals surface area contributed by atoms with Crippen molar-refractivity contribution in [1.29, 1.82) is 0 Å². The SMILES string of the molecule is COc1cccc(C(O)(c2ccccc2C(F)(F)F)C(F)(F)C(F)(F)F)c1. The zero-order valence-electron chi connectivity index (χ0n) is 13.5. The Balaban J connectivity index is 2.92. The van der Waals surface area contributed by atoms with Gasteiger partial charge in [0.25, 0.3) is 0 Å².